The Kier molecular flexibility index (Phi) is 1.84. The summed E-state index contributed by atoms with van der Waals surface area (Å²) in [5.41, 5.74) is 9.42. The Morgan fingerprint density at radius 1 is 1.25 bits per heavy atom. The van der Waals surface area contributed by atoms with Gasteiger partial charge in [-0.1, -0.05) is 18.2 Å². The van der Waals surface area contributed by atoms with Crippen molar-refractivity contribution in [3.8, 4) is 0 Å². The molecule has 1 radical (unpaired) electrons. The van der Waals surface area contributed by atoms with Crippen molar-refractivity contribution in [2.24, 2.45) is 0 Å². The number of nitrogens with one attached hydrogen (secondary N) is 2. The SMILES string of the molecule is [NH]CCc1cc2ccccc2[nH]1. The highest BCUT2D eigenvalue weighted by molar-refractivity contribution is 5.80. The minimum Gasteiger partial charge on any atom is -0.358 e. The van der Waals surface area contributed by atoms with Crippen LogP contribution >= 0.6 is 0 Å². The molecule has 0 saturated heterocycles. The summed E-state index contributed by atoms with van der Waals surface area (Å²) in [4.78, 5) is 3.28. The highest BCUT2D eigenvalue weighted by Crippen LogP contribution is 2.14. The third-order valence-electron chi connectivity index (χ3n) is 1.98. The molecule has 0 aliphatic rings. The predicted octanol–water partition coefficient (Wildman–Crippen LogP) is 1.99. The molecule has 0 bridgehead atoms. The van der Waals surface area contributed by atoms with E-state index in [1.807, 2.05) is 12.1 Å². The maximum absolute atomic E-state index is 7.09. The second-order valence-electron chi connectivity index (χ2n) is 2.88. The first-order valence-electron chi connectivity index (χ1n) is 4.11. The molecular formula is C10H11N2. The molecule has 0 aliphatic carbocycles. The van der Waals surface area contributed by atoms with Crippen LogP contribution in [0.4, 0.5) is 0 Å². The van der Waals surface area contributed by atoms with Crippen molar-refractivity contribution in [1.29, 1.82) is 0 Å². The third-order valence-corrected chi connectivity index (χ3v) is 1.98. The molecule has 2 nitrogen and oxygen atoms in total. The van der Waals surface area contributed by atoms with E-state index in [0.717, 1.165) is 12.1 Å². The molecule has 12 heavy (non-hydrogen) atoms. The maximum Gasteiger partial charge on any atom is 0.0456 e. The molecule has 61 valence electrons. The largest absolute Gasteiger partial charge is 0.358 e. The fourth-order valence-corrected chi connectivity index (χ4v) is 1.40. The Bertz CT molecular complexity index is 343. The summed E-state index contributed by atoms with van der Waals surface area (Å²) in [6, 6.07) is 10.3. The number of benzene rings is 1. The van der Waals surface area contributed by atoms with Crippen molar-refractivity contribution in [2.75, 3.05) is 6.54 Å². The van der Waals surface area contributed by atoms with Crippen molar-refractivity contribution in [1.82, 2.24) is 10.7 Å². The van der Waals surface area contributed by atoms with Gasteiger partial charge in [-0.15, -0.1) is 0 Å². The zero-order valence-corrected chi connectivity index (χ0v) is 6.80. The fourth-order valence-electron chi connectivity index (χ4n) is 1.40. The average Bonchev–Trinajstić information content (AvgIpc) is 2.47. The topological polar surface area (TPSA) is 39.6 Å². The summed E-state index contributed by atoms with van der Waals surface area (Å²) in [6.45, 7) is 0.451. The van der Waals surface area contributed by atoms with Crippen LogP contribution in [-0.4, -0.2) is 11.5 Å². The number of H-pyrrole nitrogens is 1. The lowest BCUT2D eigenvalue weighted by molar-refractivity contribution is 0.916. The Balaban J connectivity index is 2.47. The smallest absolute Gasteiger partial charge is 0.0456 e. The molecule has 0 amide bonds. The molecule has 0 unspecified atom stereocenters. The summed E-state index contributed by atoms with van der Waals surface area (Å²) in [5, 5.41) is 1.24. The first-order chi connectivity index (χ1) is 5.90. The van der Waals surface area contributed by atoms with E-state index in [1.54, 1.807) is 0 Å². The van der Waals surface area contributed by atoms with Gasteiger partial charge in [0, 0.05) is 24.2 Å². The minimum absolute atomic E-state index is 0.451. The average molecular weight is 159 g/mol. The molecule has 1 aromatic carbocycles. The van der Waals surface area contributed by atoms with Gasteiger partial charge >= 0.3 is 0 Å². The summed E-state index contributed by atoms with van der Waals surface area (Å²) < 4.78 is 0. The zero-order chi connectivity index (χ0) is 8.39. The van der Waals surface area contributed by atoms with Crippen molar-refractivity contribution in [3.05, 3.63) is 36.0 Å². The van der Waals surface area contributed by atoms with Gasteiger partial charge in [-0.2, -0.15) is 0 Å². The van der Waals surface area contributed by atoms with Crippen molar-refractivity contribution < 1.29 is 0 Å². The highest BCUT2D eigenvalue weighted by atomic mass is 14.7. The number of hydrogen-bond donors (Lipinski definition) is 1. The van der Waals surface area contributed by atoms with E-state index in [4.69, 9.17) is 5.73 Å². The van der Waals surface area contributed by atoms with Crippen molar-refractivity contribution in [3.63, 3.8) is 0 Å². The van der Waals surface area contributed by atoms with Gasteiger partial charge in [0.2, 0.25) is 0 Å². The van der Waals surface area contributed by atoms with Crippen LogP contribution in [-0.2, 0) is 6.42 Å². The normalized spacial score (nSPS) is 10.8. The van der Waals surface area contributed by atoms with Gasteiger partial charge in [-0.05, 0) is 17.5 Å². The lowest BCUT2D eigenvalue weighted by Gasteiger charge is -1.88. The van der Waals surface area contributed by atoms with E-state index < -0.39 is 0 Å². The lowest BCUT2D eigenvalue weighted by Crippen LogP contribution is -1.91. The monoisotopic (exact) mass is 159 g/mol. The van der Waals surface area contributed by atoms with Crippen LogP contribution in [0.15, 0.2) is 30.3 Å². The first kappa shape index (κ1) is 7.37. The van der Waals surface area contributed by atoms with Gasteiger partial charge in [0.05, 0.1) is 0 Å². The Morgan fingerprint density at radius 2 is 2.08 bits per heavy atom. The highest BCUT2D eigenvalue weighted by Gasteiger charge is 1.97. The molecule has 0 spiro atoms. The van der Waals surface area contributed by atoms with E-state index in [0.29, 0.717) is 6.54 Å². The summed E-state index contributed by atoms with van der Waals surface area (Å²) in [6.07, 6.45) is 0.814. The first-order valence-corrected chi connectivity index (χ1v) is 4.11. The van der Waals surface area contributed by atoms with Crippen molar-refractivity contribution in [2.45, 2.75) is 6.42 Å². The third kappa shape index (κ3) is 1.21. The predicted molar refractivity (Wildman–Crippen MR) is 50.0 cm³/mol. The molecule has 0 fully saturated rings. The van der Waals surface area contributed by atoms with Crippen LogP contribution in [0.5, 0.6) is 0 Å². The second-order valence-corrected chi connectivity index (χ2v) is 2.88. The number of para-hydroxylation sites is 1. The molecule has 0 aliphatic heterocycles. The van der Waals surface area contributed by atoms with Crippen molar-refractivity contribution >= 4 is 10.9 Å². The standard InChI is InChI=1S/C10H11N2/c11-6-5-9-7-8-3-1-2-4-10(8)12-9/h1-4,7,11-12H,5-6H2. The Hall–Kier alpha value is -1.28. The van der Waals surface area contributed by atoms with Gasteiger partial charge in [-0.3, -0.25) is 5.73 Å². The molecule has 2 heteroatoms. The molecule has 1 heterocycles. The van der Waals surface area contributed by atoms with Crippen LogP contribution in [0.2, 0.25) is 0 Å². The number of fused-ring (bicyclic) bond motifs is 1. The van der Waals surface area contributed by atoms with Gasteiger partial charge in [0.25, 0.3) is 0 Å². The quantitative estimate of drug-likeness (QED) is 0.696. The molecule has 1 aromatic heterocycles. The van der Waals surface area contributed by atoms with E-state index in [1.165, 1.54) is 10.9 Å². The summed E-state index contributed by atoms with van der Waals surface area (Å²) >= 11 is 0. The van der Waals surface area contributed by atoms with Crippen LogP contribution < -0.4 is 5.73 Å². The van der Waals surface area contributed by atoms with Crippen LogP contribution in [0.3, 0.4) is 0 Å². The van der Waals surface area contributed by atoms with Gasteiger partial charge in [0.1, 0.15) is 0 Å². The summed E-state index contributed by atoms with van der Waals surface area (Å²) in [7, 11) is 0. The molecule has 2 rings (SSSR count). The van der Waals surface area contributed by atoms with E-state index in [9.17, 15) is 0 Å². The van der Waals surface area contributed by atoms with Crippen LogP contribution in [0.1, 0.15) is 5.69 Å². The molecule has 0 saturated carbocycles. The van der Waals surface area contributed by atoms with Crippen LogP contribution in [0.25, 0.3) is 10.9 Å². The number of aromatic amines is 1. The lowest BCUT2D eigenvalue weighted by atomic mass is 10.2. The van der Waals surface area contributed by atoms with Gasteiger partial charge < -0.3 is 4.98 Å². The molecule has 0 atom stereocenters. The number of hydrogen-bond acceptors (Lipinski definition) is 0. The number of aromatic nitrogens is 1. The number of rotatable bonds is 2. The molecule has 2 aromatic rings. The molecular weight excluding hydrogens is 148 g/mol. The fraction of sp³-hybridized carbons (Fsp3) is 0.200. The van der Waals surface area contributed by atoms with E-state index in [-0.39, 0.29) is 0 Å². The van der Waals surface area contributed by atoms with E-state index in [2.05, 4.69) is 23.2 Å². The molecule has 2 N–H and O–H groups in total. The van der Waals surface area contributed by atoms with Gasteiger partial charge in [-0.25, -0.2) is 0 Å². The Morgan fingerprint density at radius 3 is 2.83 bits per heavy atom. The van der Waals surface area contributed by atoms with Crippen LogP contribution in [0, 0.1) is 0 Å². The zero-order valence-electron chi connectivity index (χ0n) is 6.80. The minimum atomic E-state index is 0.451. The summed E-state index contributed by atoms with van der Waals surface area (Å²) in [5.74, 6) is 0. The van der Waals surface area contributed by atoms with E-state index >= 15 is 0 Å². The Labute approximate surface area is 71.4 Å². The second kappa shape index (κ2) is 2.99. The maximum atomic E-state index is 7.09. The van der Waals surface area contributed by atoms with Gasteiger partial charge in [0.15, 0.2) is 0 Å².